The minimum Gasteiger partial charge on any atom is -0.468 e. The Bertz CT molecular complexity index is 504. The molecule has 0 spiro atoms. The molecule has 3 nitrogen and oxygen atoms in total. The minimum absolute atomic E-state index is 0.142. The van der Waals surface area contributed by atoms with Crippen molar-refractivity contribution in [3.63, 3.8) is 0 Å². The van der Waals surface area contributed by atoms with Crippen LogP contribution in [0.15, 0.2) is 36.9 Å². The average Bonchev–Trinajstić information content (AvgIpc) is 2.41. The van der Waals surface area contributed by atoms with Crippen LogP contribution >= 0.6 is 0 Å². The van der Waals surface area contributed by atoms with Gasteiger partial charge in [-0.1, -0.05) is 30.3 Å². The van der Waals surface area contributed by atoms with E-state index in [0.717, 1.165) is 5.56 Å². The van der Waals surface area contributed by atoms with Crippen molar-refractivity contribution in [2.75, 3.05) is 7.11 Å². The topological polar surface area (TPSA) is 43.4 Å². The fourth-order valence-electron chi connectivity index (χ4n) is 2.59. The van der Waals surface area contributed by atoms with Crippen molar-refractivity contribution in [2.24, 2.45) is 5.41 Å². The minimum atomic E-state index is -1.08. The van der Waals surface area contributed by atoms with E-state index in [1.807, 2.05) is 18.2 Å². The Kier molecular flexibility index (Phi) is 3.32. The molecule has 1 atom stereocenters. The number of esters is 1. The third-order valence-electron chi connectivity index (χ3n) is 3.59. The zero-order chi connectivity index (χ0) is 13.2. The Morgan fingerprint density at radius 1 is 1.50 bits per heavy atom. The van der Waals surface area contributed by atoms with E-state index in [4.69, 9.17) is 4.74 Å². The van der Waals surface area contributed by atoms with Crippen molar-refractivity contribution in [3.05, 3.63) is 48.0 Å². The highest BCUT2D eigenvalue weighted by Crippen LogP contribution is 2.39. The number of Topliss-reactive ketones (excluding diaryl/α,β-unsaturated/α-hetero) is 1. The number of aryl methyl sites for hydroxylation is 1. The van der Waals surface area contributed by atoms with E-state index in [1.165, 1.54) is 7.11 Å². The number of rotatable bonds is 3. The predicted molar refractivity (Wildman–Crippen MR) is 68.4 cm³/mol. The van der Waals surface area contributed by atoms with Crippen LogP contribution in [0.5, 0.6) is 0 Å². The molecule has 0 bridgehead atoms. The second-order valence-electron chi connectivity index (χ2n) is 4.55. The molecule has 1 aromatic carbocycles. The number of ether oxygens (including phenoxy) is 1. The van der Waals surface area contributed by atoms with Gasteiger partial charge in [0.2, 0.25) is 0 Å². The van der Waals surface area contributed by atoms with Crippen LogP contribution in [0.25, 0.3) is 0 Å². The van der Waals surface area contributed by atoms with Crippen LogP contribution in [-0.4, -0.2) is 18.9 Å². The first kappa shape index (κ1) is 12.6. The van der Waals surface area contributed by atoms with E-state index in [-0.39, 0.29) is 5.78 Å². The highest BCUT2D eigenvalue weighted by Gasteiger charge is 2.48. The van der Waals surface area contributed by atoms with Gasteiger partial charge in [0.25, 0.3) is 0 Å². The third-order valence-corrected chi connectivity index (χ3v) is 3.59. The number of allylic oxidation sites excluding steroid dienone is 1. The summed E-state index contributed by atoms with van der Waals surface area (Å²) in [7, 11) is 1.32. The lowest BCUT2D eigenvalue weighted by molar-refractivity contribution is -0.150. The van der Waals surface area contributed by atoms with Gasteiger partial charge < -0.3 is 4.74 Å². The molecule has 0 amide bonds. The van der Waals surface area contributed by atoms with Crippen molar-refractivity contribution in [1.29, 1.82) is 0 Å². The van der Waals surface area contributed by atoms with E-state index < -0.39 is 11.4 Å². The van der Waals surface area contributed by atoms with Crippen molar-refractivity contribution in [3.8, 4) is 0 Å². The molecule has 1 aliphatic rings. The molecule has 1 unspecified atom stereocenters. The summed E-state index contributed by atoms with van der Waals surface area (Å²) in [5.74, 6) is -0.599. The molecule has 0 radical (unpaired) electrons. The Morgan fingerprint density at radius 2 is 2.22 bits per heavy atom. The maximum absolute atomic E-state index is 12.6. The molecule has 0 saturated heterocycles. The molecule has 3 heteroatoms. The normalized spacial score (nSPS) is 22.2. The van der Waals surface area contributed by atoms with E-state index in [9.17, 15) is 9.59 Å². The SMILES string of the molecule is C=CCC1(C(=O)OC)CCc2ccccc2C1=O. The van der Waals surface area contributed by atoms with Gasteiger partial charge in [-0.2, -0.15) is 0 Å². The molecule has 0 heterocycles. The van der Waals surface area contributed by atoms with E-state index in [1.54, 1.807) is 12.1 Å². The highest BCUT2D eigenvalue weighted by molar-refractivity contribution is 6.14. The lowest BCUT2D eigenvalue weighted by atomic mass is 9.68. The Morgan fingerprint density at radius 3 is 2.89 bits per heavy atom. The van der Waals surface area contributed by atoms with Gasteiger partial charge in [-0.05, 0) is 24.8 Å². The van der Waals surface area contributed by atoms with Gasteiger partial charge in [0.15, 0.2) is 5.78 Å². The smallest absolute Gasteiger partial charge is 0.320 e. The van der Waals surface area contributed by atoms with Crippen LogP contribution in [0, 0.1) is 5.41 Å². The number of ketones is 1. The lowest BCUT2D eigenvalue weighted by Gasteiger charge is -2.33. The molecule has 2 rings (SSSR count). The van der Waals surface area contributed by atoms with Gasteiger partial charge >= 0.3 is 5.97 Å². The third kappa shape index (κ3) is 1.76. The van der Waals surface area contributed by atoms with Crippen molar-refractivity contribution >= 4 is 11.8 Å². The van der Waals surface area contributed by atoms with E-state index in [2.05, 4.69) is 6.58 Å². The summed E-state index contributed by atoms with van der Waals surface area (Å²) in [6.45, 7) is 3.65. The maximum atomic E-state index is 12.6. The van der Waals surface area contributed by atoms with Crippen LogP contribution in [-0.2, 0) is 16.0 Å². The Labute approximate surface area is 106 Å². The number of benzene rings is 1. The molecular formula is C15H16O3. The van der Waals surface area contributed by atoms with Crippen molar-refractivity contribution in [1.82, 2.24) is 0 Å². The quantitative estimate of drug-likeness (QED) is 0.466. The van der Waals surface area contributed by atoms with Crippen LogP contribution in [0.1, 0.15) is 28.8 Å². The lowest BCUT2D eigenvalue weighted by Crippen LogP contribution is -2.43. The summed E-state index contributed by atoms with van der Waals surface area (Å²) in [6.07, 6.45) is 3.14. The maximum Gasteiger partial charge on any atom is 0.320 e. The van der Waals surface area contributed by atoms with Crippen LogP contribution < -0.4 is 0 Å². The van der Waals surface area contributed by atoms with Crippen molar-refractivity contribution in [2.45, 2.75) is 19.3 Å². The highest BCUT2D eigenvalue weighted by atomic mass is 16.5. The van der Waals surface area contributed by atoms with E-state index in [0.29, 0.717) is 24.8 Å². The Hall–Kier alpha value is -1.90. The molecule has 0 fully saturated rings. The van der Waals surface area contributed by atoms with Gasteiger partial charge in [-0.25, -0.2) is 0 Å². The number of methoxy groups -OCH3 is 1. The molecule has 0 aromatic heterocycles. The monoisotopic (exact) mass is 244 g/mol. The summed E-state index contributed by atoms with van der Waals surface area (Å²) in [5.41, 5.74) is 0.562. The summed E-state index contributed by atoms with van der Waals surface area (Å²) >= 11 is 0. The zero-order valence-electron chi connectivity index (χ0n) is 10.4. The van der Waals surface area contributed by atoms with Gasteiger partial charge in [0.05, 0.1) is 7.11 Å². The van der Waals surface area contributed by atoms with E-state index >= 15 is 0 Å². The van der Waals surface area contributed by atoms with Gasteiger partial charge in [0, 0.05) is 5.56 Å². The first-order chi connectivity index (χ1) is 8.65. The summed E-state index contributed by atoms with van der Waals surface area (Å²) in [4.78, 5) is 24.6. The van der Waals surface area contributed by atoms with Crippen LogP contribution in [0.4, 0.5) is 0 Å². The zero-order valence-corrected chi connectivity index (χ0v) is 10.4. The summed E-state index contributed by atoms with van der Waals surface area (Å²) < 4.78 is 4.82. The first-order valence-electron chi connectivity index (χ1n) is 5.98. The standard InChI is InChI=1S/C15H16O3/c1-3-9-15(14(17)18-2)10-8-11-6-4-5-7-12(11)13(15)16/h3-7H,1,8-10H2,2H3. The van der Waals surface area contributed by atoms with Gasteiger partial charge in [-0.3, -0.25) is 9.59 Å². The van der Waals surface area contributed by atoms with Crippen LogP contribution in [0.2, 0.25) is 0 Å². The summed E-state index contributed by atoms with van der Waals surface area (Å²) in [5, 5.41) is 0. The largest absolute Gasteiger partial charge is 0.468 e. The molecular weight excluding hydrogens is 228 g/mol. The number of hydrogen-bond donors (Lipinski definition) is 0. The van der Waals surface area contributed by atoms with Gasteiger partial charge in [-0.15, -0.1) is 6.58 Å². The number of carbonyl (C=O) groups excluding carboxylic acids is 2. The average molecular weight is 244 g/mol. The van der Waals surface area contributed by atoms with Crippen LogP contribution in [0.3, 0.4) is 0 Å². The second kappa shape index (κ2) is 4.77. The van der Waals surface area contributed by atoms with Gasteiger partial charge in [0.1, 0.15) is 5.41 Å². The fourth-order valence-corrected chi connectivity index (χ4v) is 2.59. The Balaban J connectivity index is 2.50. The molecule has 18 heavy (non-hydrogen) atoms. The number of fused-ring (bicyclic) bond motifs is 1. The predicted octanol–water partition coefficient (Wildman–Crippen LogP) is 2.55. The number of carbonyl (C=O) groups is 2. The molecule has 1 aromatic rings. The van der Waals surface area contributed by atoms with Crippen molar-refractivity contribution < 1.29 is 14.3 Å². The fraction of sp³-hybridized carbons (Fsp3) is 0.333. The molecule has 94 valence electrons. The number of hydrogen-bond acceptors (Lipinski definition) is 3. The molecule has 0 N–H and O–H groups in total. The molecule has 1 aliphatic carbocycles. The first-order valence-corrected chi connectivity index (χ1v) is 5.98. The second-order valence-corrected chi connectivity index (χ2v) is 4.55. The molecule has 0 aliphatic heterocycles. The summed E-state index contributed by atoms with van der Waals surface area (Å²) in [6, 6.07) is 7.43. The molecule has 0 saturated carbocycles.